The number of aryl methyl sites for hydroxylation is 2. The van der Waals surface area contributed by atoms with E-state index in [-0.39, 0.29) is 0 Å². The van der Waals surface area contributed by atoms with Gasteiger partial charge in [0, 0.05) is 6.04 Å². The third kappa shape index (κ3) is 3.19. The Morgan fingerprint density at radius 3 is 2.82 bits per heavy atom. The Hall–Kier alpha value is -1.08. The van der Waals surface area contributed by atoms with Crippen molar-refractivity contribution in [2.45, 2.75) is 45.1 Å². The third-order valence-corrected chi connectivity index (χ3v) is 3.67. The molecule has 0 amide bonds. The van der Waals surface area contributed by atoms with Crippen LogP contribution in [0.1, 0.15) is 48.9 Å². The van der Waals surface area contributed by atoms with Crippen molar-refractivity contribution >= 4 is 0 Å². The van der Waals surface area contributed by atoms with Gasteiger partial charge in [0.25, 0.3) is 0 Å². The number of hydrogen-bond acceptors (Lipinski definition) is 1. The first kappa shape index (κ1) is 12.4. The Labute approximate surface area is 105 Å². The normalized spacial score (nSPS) is 16.3. The fourth-order valence-electron chi connectivity index (χ4n) is 2.54. The zero-order valence-corrected chi connectivity index (χ0v) is 10.8. The second kappa shape index (κ2) is 6.02. The maximum absolute atomic E-state index is 3.75. The van der Waals surface area contributed by atoms with Gasteiger partial charge in [0.15, 0.2) is 0 Å². The number of rotatable bonds is 5. The summed E-state index contributed by atoms with van der Waals surface area (Å²) in [6.07, 6.45) is 8.26. The minimum atomic E-state index is 0.446. The Morgan fingerprint density at radius 1 is 1.29 bits per heavy atom. The minimum Gasteiger partial charge on any atom is -0.310 e. The molecule has 1 aliphatic carbocycles. The van der Waals surface area contributed by atoms with Crippen LogP contribution >= 0.6 is 0 Å². The first-order chi connectivity index (χ1) is 8.31. The zero-order chi connectivity index (χ0) is 12.1. The van der Waals surface area contributed by atoms with Crippen LogP contribution in [-0.2, 0) is 12.8 Å². The van der Waals surface area contributed by atoms with Gasteiger partial charge in [0.2, 0.25) is 0 Å². The molecule has 17 heavy (non-hydrogen) atoms. The van der Waals surface area contributed by atoms with Gasteiger partial charge in [-0.3, -0.25) is 0 Å². The van der Waals surface area contributed by atoms with E-state index in [0.717, 1.165) is 13.0 Å². The van der Waals surface area contributed by atoms with Crippen LogP contribution in [0.15, 0.2) is 30.9 Å². The van der Waals surface area contributed by atoms with E-state index >= 15 is 0 Å². The lowest BCUT2D eigenvalue weighted by molar-refractivity contribution is 0.579. The highest BCUT2D eigenvalue weighted by Gasteiger charge is 2.11. The van der Waals surface area contributed by atoms with E-state index in [1.165, 1.54) is 31.2 Å². The van der Waals surface area contributed by atoms with Crippen LogP contribution in [0, 0.1) is 0 Å². The lowest BCUT2D eigenvalue weighted by Gasteiger charge is -2.20. The van der Waals surface area contributed by atoms with Gasteiger partial charge in [-0.15, -0.1) is 6.58 Å². The molecule has 1 unspecified atom stereocenters. The summed E-state index contributed by atoms with van der Waals surface area (Å²) in [7, 11) is 0. The summed E-state index contributed by atoms with van der Waals surface area (Å²) < 4.78 is 0. The van der Waals surface area contributed by atoms with E-state index in [1.807, 2.05) is 6.08 Å². The standard InChI is InChI=1S/C16H23N/c1-3-4-11-17-13(2)15-10-9-14-7-5-6-8-16(14)12-15/h3,9-10,12-13,17H,1,4-8,11H2,2H3. The fraction of sp³-hybridized carbons (Fsp3) is 0.500. The van der Waals surface area contributed by atoms with E-state index < -0.39 is 0 Å². The van der Waals surface area contributed by atoms with Gasteiger partial charge in [-0.2, -0.15) is 0 Å². The zero-order valence-electron chi connectivity index (χ0n) is 10.8. The predicted octanol–water partition coefficient (Wildman–Crippen LogP) is 3.79. The van der Waals surface area contributed by atoms with Crippen molar-refractivity contribution in [3.05, 3.63) is 47.5 Å². The molecule has 0 radical (unpaired) electrons. The van der Waals surface area contributed by atoms with Crippen LogP contribution in [0.3, 0.4) is 0 Å². The summed E-state index contributed by atoms with van der Waals surface area (Å²) >= 11 is 0. The Balaban J connectivity index is 2.02. The molecule has 1 N–H and O–H groups in total. The van der Waals surface area contributed by atoms with E-state index in [2.05, 4.69) is 37.0 Å². The summed E-state index contributed by atoms with van der Waals surface area (Å²) in [5.41, 5.74) is 4.57. The number of benzene rings is 1. The van der Waals surface area contributed by atoms with Gasteiger partial charge in [-0.1, -0.05) is 24.3 Å². The van der Waals surface area contributed by atoms with Gasteiger partial charge in [-0.25, -0.2) is 0 Å². The molecule has 0 saturated carbocycles. The topological polar surface area (TPSA) is 12.0 Å². The Bertz CT molecular complexity index is 381. The summed E-state index contributed by atoms with van der Waals surface area (Å²) in [6, 6.07) is 7.47. The highest BCUT2D eigenvalue weighted by atomic mass is 14.9. The highest BCUT2D eigenvalue weighted by molar-refractivity contribution is 5.35. The number of hydrogen-bond donors (Lipinski definition) is 1. The molecule has 1 nitrogen and oxygen atoms in total. The average molecular weight is 229 g/mol. The molecule has 1 aromatic rings. The lowest BCUT2D eigenvalue weighted by Crippen LogP contribution is -2.19. The third-order valence-electron chi connectivity index (χ3n) is 3.67. The fourth-order valence-corrected chi connectivity index (χ4v) is 2.54. The first-order valence-electron chi connectivity index (χ1n) is 6.77. The van der Waals surface area contributed by atoms with Crippen molar-refractivity contribution in [3.63, 3.8) is 0 Å². The van der Waals surface area contributed by atoms with Gasteiger partial charge >= 0.3 is 0 Å². The maximum Gasteiger partial charge on any atom is 0.0292 e. The molecule has 0 bridgehead atoms. The molecule has 0 spiro atoms. The van der Waals surface area contributed by atoms with Gasteiger partial charge in [-0.05, 0) is 62.3 Å². The SMILES string of the molecule is C=CCCNC(C)c1ccc2c(c1)CCCC2. The molecule has 1 aromatic carbocycles. The quantitative estimate of drug-likeness (QED) is 0.598. The molecule has 1 heteroatoms. The summed E-state index contributed by atoms with van der Waals surface area (Å²) in [5, 5.41) is 3.54. The Kier molecular flexibility index (Phi) is 4.38. The van der Waals surface area contributed by atoms with Crippen LogP contribution in [0.5, 0.6) is 0 Å². The van der Waals surface area contributed by atoms with E-state index in [0.29, 0.717) is 6.04 Å². The Morgan fingerprint density at radius 2 is 2.06 bits per heavy atom. The maximum atomic E-state index is 3.75. The first-order valence-corrected chi connectivity index (χ1v) is 6.77. The van der Waals surface area contributed by atoms with Gasteiger partial charge < -0.3 is 5.32 Å². The number of nitrogens with one attached hydrogen (secondary N) is 1. The summed E-state index contributed by atoms with van der Waals surface area (Å²) in [4.78, 5) is 0. The second-order valence-corrected chi connectivity index (χ2v) is 4.99. The number of fused-ring (bicyclic) bond motifs is 1. The van der Waals surface area contributed by atoms with Gasteiger partial charge in [0.05, 0.1) is 0 Å². The van der Waals surface area contributed by atoms with Crippen molar-refractivity contribution in [2.75, 3.05) is 6.54 Å². The van der Waals surface area contributed by atoms with Crippen molar-refractivity contribution in [1.29, 1.82) is 0 Å². The van der Waals surface area contributed by atoms with Crippen molar-refractivity contribution < 1.29 is 0 Å². The molecular weight excluding hydrogens is 206 g/mol. The monoisotopic (exact) mass is 229 g/mol. The van der Waals surface area contributed by atoms with Crippen molar-refractivity contribution in [1.82, 2.24) is 5.32 Å². The van der Waals surface area contributed by atoms with Crippen LogP contribution in [0.2, 0.25) is 0 Å². The molecule has 0 saturated heterocycles. The highest BCUT2D eigenvalue weighted by Crippen LogP contribution is 2.24. The largest absolute Gasteiger partial charge is 0.310 e. The van der Waals surface area contributed by atoms with Crippen molar-refractivity contribution in [2.24, 2.45) is 0 Å². The second-order valence-electron chi connectivity index (χ2n) is 4.99. The van der Waals surface area contributed by atoms with Crippen LogP contribution in [0.4, 0.5) is 0 Å². The van der Waals surface area contributed by atoms with E-state index in [9.17, 15) is 0 Å². The van der Waals surface area contributed by atoms with E-state index in [1.54, 1.807) is 11.1 Å². The molecule has 0 aliphatic heterocycles. The molecule has 2 rings (SSSR count). The predicted molar refractivity (Wildman–Crippen MR) is 74.3 cm³/mol. The molecule has 1 aliphatic rings. The van der Waals surface area contributed by atoms with Gasteiger partial charge in [0.1, 0.15) is 0 Å². The van der Waals surface area contributed by atoms with Crippen molar-refractivity contribution in [3.8, 4) is 0 Å². The lowest BCUT2D eigenvalue weighted by atomic mass is 9.89. The molecule has 0 fully saturated rings. The average Bonchev–Trinajstić information content (AvgIpc) is 2.38. The van der Waals surface area contributed by atoms with E-state index in [4.69, 9.17) is 0 Å². The summed E-state index contributed by atoms with van der Waals surface area (Å²) in [6.45, 7) is 7.01. The molecule has 1 atom stereocenters. The molecule has 92 valence electrons. The van der Waals surface area contributed by atoms with Crippen LogP contribution in [0.25, 0.3) is 0 Å². The summed E-state index contributed by atoms with van der Waals surface area (Å²) in [5.74, 6) is 0. The smallest absolute Gasteiger partial charge is 0.0292 e. The minimum absolute atomic E-state index is 0.446. The van der Waals surface area contributed by atoms with Crippen LogP contribution < -0.4 is 5.32 Å². The van der Waals surface area contributed by atoms with Crippen LogP contribution in [-0.4, -0.2) is 6.54 Å². The molecule has 0 heterocycles. The molecule has 0 aromatic heterocycles. The molecular formula is C16H23N.